The summed E-state index contributed by atoms with van der Waals surface area (Å²) in [5, 5.41) is 16.3. The molecule has 0 unspecified atom stereocenters. The van der Waals surface area contributed by atoms with Gasteiger partial charge in [-0.15, -0.1) is 0 Å². The van der Waals surface area contributed by atoms with E-state index in [1.165, 1.54) is 0 Å². The second-order valence-corrected chi connectivity index (χ2v) is 5.55. The van der Waals surface area contributed by atoms with Crippen molar-refractivity contribution in [2.45, 2.75) is 0 Å². The molecule has 0 saturated carbocycles. The number of nitrogens with one attached hydrogen (secondary N) is 1. The van der Waals surface area contributed by atoms with Crippen LogP contribution >= 0.6 is 0 Å². The predicted molar refractivity (Wildman–Crippen MR) is 80.3 cm³/mol. The highest BCUT2D eigenvalue weighted by molar-refractivity contribution is 5.93. The predicted octanol–water partition coefficient (Wildman–Crippen LogP) is 0.496. The maximum Gasteiger partial charge on any atom is 0.271 e. The van der Waals surface area contributed by atoms with E-state index in [1.54, 1.807) is 11.0 Å². The number of rotatable bonds is 3. The molecule has 2 aromatic rings. The molecule has 0 aliphatic carbocycles. The van der Waals surface area contributed by atoms with E-state index in [1.807, 2.05) is 29.9 Å². The average Bonchev–Trinajstić information content (AvgIpc) is 3.09. The summed E-state index contributed by atoms with van der Waals surface area (Å²) < 4.78 is 7.36. The van der Waals surface area contributed by atoms with Crippen LogP contribution in [0.4, 0.5) is 0 Å². The number of hydrogen-bond donors (Lipinski definition) is 2. The van der Waals surface area contributed by atoms with Gasteiger partial charge in [0, 0.05) is 38.9 Å². The van der Waals surface area contributed by atoms with E-state index in [-0.39, 0.29) is 18.4 Å². The van der Waals surface area contributed by atoms with Crippen LogP contribution in [-0.4, -0.2) is 63.6 Å². The van der Waals surface area contributed by atoms with Crippen LogP contribution in [0.15, 0.2) is 24.4 Å². The molecule has 7 heteroatoms. The van der Waals surface area contributed by atoms with Crippen molar-refractivity contribution in [3.63, 3.8) is 0 Å². The van der Waals surface area contributed by atoms with Crippen molar-refractivity contribution in [1.82, 2.24) is 19.7 Å². The Morgan fingerprint density at radius 1 is 1.59 bits per heavy atom. The number of H-pyrrole nitrogens is 1. The maximum atomic E-state index is 12.6. The number of ether oxygens (including phenoxy) is 1. The lowest BCUT2D eigenvalue weighted by Gasteiger charge is -2.21. The molecular weight excluding hydrogens is 284 g/mol. The van der Waals surface area contributed by atoms with E-state index in [0.717, 1.165) is 11.4 Å². The average molecular weight is 304 g/mol. The minimum absolute atomic E-state index is 0.0152. The van der Waals surface area contributed by atoms with Gasteiger partial charge in [0.05, 0.1) is 18.9 Å². The van der Waals surface area contributed by atoms with Crippen LogP contribution < -0.4 is 0 Å². The van der Waals surface area contributed by atoms with Gasteiger partial charge in [0.25, 0.3) is 5.91 Å². The summed E-state index contributed by atoms with van der Waals surface area (Å²) >= 11 is 0. The normalized spacial score (nSPS) is 19.2. The number of hydrogen-bond acceptors (Lipinski definition) is 4. The fraction of sp³-hybridized carbons (Fsp3) is 0.467. The third kappa shape index (κ3) is 2.90. The first-order valence-electron chi connectivity index (χ1n) is 7.34. The lowest BCUT2D eigenvalue weighted by molar-refractivity contribution is 0.0722. The molecule has 0 radical (unpaired) electrons. The quantitative estimate of drug-likeness (QED) is 0.865. The zero-order valence-electron chi connectivity index (χ0n) is 12.5. The topological polar surface area (TPSA) is 83.4 Å². The molecule has 118 valence electrons. The number of amides is 1. The maximum absolute atomic E-state index is 12.6. The van der Waals surface area contributed by atoms with Gasteiger partial charge in [-0.25, -0.2) is 0 Å². The van der Waals surface area contributed by atoms with Crippen LogP contribution in [0.2, 0.25) is 0 Å². The molecule has 1 atom stereocenters. The molecule has 0 aromatic carbocycles. The van der Waals surface area contributed by atoms with Gasteiger partial charge in [-0.2, -0.15) is 5.10 Å². The van der Waals surface area contributed by atoms with Crippen molar-refractivity contribution < 1.29 is 14.6 Å². The van der Waals surface area contributed by atoms with Crippen LogP contribution in [0.3, 0.4) is 0 Å². The van der Waals surface area contributed by atoms with E-state index < -0.39 is 0 Å². The van der Waals surface area contributed by atoms with E-state index in [0.29, 0.717) is 32.0 Å². The monoisotopic (exact) mass is 304 g/mol. The Labute approximate surface area is 128 Å². The Hall–Kier alpha value is -2.12. The van der Waals surface area contributed by atoms with Gasteiger partial charge in [0.15, 0.2) is 0 Å². The standard InChI is InChI=1S/C15H20N4O3/c1-18-4-2-3-14(18)12-7-13(17-16-12)15(21)19-5-6-22-10-11(8-19)9-20/h2-4,7,11,20H,5-6,8-10H2,1H3,(H,16,17)/t11-/m0/s1. The third-order valence-electron chi connectivity index (χ3n) is 3.90. The van der Waals surface area contributed by atoms with Crippen molar-refractivity contribution in [1.29, 1.82) is 0 Å². The number of carbonyl (C=O) groups excluding carboxylic acids is 1. The van der Waals surface area contributed by atoms with Gasteiger partial charge in [-0.1, -0.05) is 0 Å². The molecule has 7 nitrogen and oxygen atoms in total. The molecule has 3 heterocycles. The van der Waals surface area contributed by atoms with Gasteiger partial charge in [-0.05, 0) is 18.2 Å². The lowest BCUT2D eigenvalue weighted by Crippen LogP contribution is -2.37. The second-order valence-electron chi connectivity index (χ2n) is 5.55. The van der Waals surface area contributed by atoms with Crippen LogP contribution in [0, 0.1) is 5.92 Å². The Bertz CT molecular complexity index is 649. The number of aromatic nitrogens is 3. The third-order valence-corrected chi connectivity index (χ3v) is 3.90. The molecule has 0 bridgehead atoms. The number of nitrogens with zero attached hydrogens (tertiary/aromatic N) is 3. The van der Waals surface area contributed by atoms with Gasteiger partial charge < -0.3 is 19.3 Å². The summed E-state index contributed by atoms with van der Waals surface area (Å²) in [4.78, 5) is 14.3. The minimum atomic E-state index is -0.114. The van der Waals surface area contributed by atoms with Gasteiger partial charge >= 0.3 is 0 Å². The Morgan fingerprint density at radius 2 is 2.45 bits per heavy atom. The molecule has 1 fully saturated rings. The fourth-order valence-corrected chi connectivity index (χ4v) is 2.64. The van der Waals surface area contributed by atoms with Crippen molar-refractivity contribution in [2.75, 3.05) is 32.9 Å². The van der Waals surface area contributed by atoms with Crippen molar-refractivity contribution >= 4 is 5.91 Å². The molecule has 3 rings (SSSR count). The smallest absolute Gasteiger partial charge is 0.271 e. The molecule has 2 N–H and O–H groups in total. The first-order valence-corrected chi connectivity index (χ1v) is 7.34. The summed E-state index contributed by atoms with van der Waals surface area (Å²) in [5.74, 6) is -0.154. The summed E-state index contributed by atoms with van der Waals surface area (Å²) in [6.45, 7) is 2.00. The highest BCUT2D eigenvalue weighted by atomic mass is 16.5. The fourth-order valence-electron chi connectivity index (χ4n) is 2.64. The van der Waals surface area contributed by atoms with Crippen LogP contribution in [0.5, 0.6) is 0 Å². The number of carbonyl (C=O) groups is 1. The van der Waals surface area contributed by atoms with E-state index in [2.05, 4.69) is 10.2 Å². The van der Waals surface area contributed by atoms with E-state index in [4.69, 9.17) is 4.74 Å². The van der Waals surface area contributed by atoms with Crippen molar-refractivity contribution in [3.8, 4) is 11.4 Å². The summed E-state index contributed by atoms with van der Waals surface area (Å²) in [5.41, 5.74) is 2.14. The zero-order valence-corrected chi connectivity index (χ0v) is 12.5. The number of aromatic amines is 1. The highest BCUT2D eigenvalue weighted by Crippen LogP contribution is 2.19. The number of aryl methyl sites for hydroxylation is 1. The second kappa shape index (κ2) is 6.33. The Balaban J connectivity index is 1.77. The van der Waals surface area contributed by atoms with Crippen LogP contribution in [-0.2, 0) is 11.8 Å². The van der Waals surface area contributed by atoms with Crippen molar-refractivity contribution in [3.05, 3.63) is 30.1 Å². The first-order chi connectivity index (χ1) is 10.7. The molecule has 0 spiro atoms. The summed E-state index contributed by atoms with van der Waals surface area (Å²) in [6.07, 6.45) is 1.93. The molecule has 22 heavy (non-hydrogen) atoms. The molecule has 1 aliphatic rings. The van der Waals surface area contributed by atoms with Gasteiger partial charge in [0.2, 0.25) is 0 Å². The van der Waals surface area contributed by atoms with Crippen molar-refractivity contribution in [2.24, 2.45) is 13.0 Å². The van der Waals surface area contributed by atoms with Gasteiger partial charge in [-0.3, -0.25) is 9.89 Å². The molecule has 1 amide bonds. The van der Waals surface area contributed by atoms with Crippen LogP contribution in [0.1, 0.15) is 10.5 Å². The lowest BCUT2D eigenvalue weighted by atomic mass is 10.1. The van der Waals surface area contributed by atoms with E-state index in [9.17, 15) is 9.90 Å². The van der Waals surface area contributed by atoms with E-state index >= 15 is 0 Å². The molecule has 1 aliphatic heterocycles. The summed E-state index contributed by atoms with van der Waals surface area (Å²) in [6, 6.07) is 5.65. The Kier molecular flexibility index (Phi) is 4.26. The first kappa shape index (κ1) is 14.8. The number of aliphatic hydroxyl groups is 1. The largest absolute Gasteiger partial charge is 0.396 e. The van der Waals surface area contributed by atoms with Gasteiger partial charge in [0.1, 0.15) is 11.4 Å². The molecular formula is C15H20N4O3. The molecule has 2 aromatic heterocycles. The molecule has 1 saturated heterocycles. The SMILES string of the molecule is Cn1cccc1-c1cc(C(=O)N2CCOC[C@H](CO)C2)[nH]n1. The summed E-state index contributed by atoms with van der Waals surface area (Å²) in [7, 11) is 1.93. The van der Waals surface area contributed by atoms with Crippen LogP contribution in [0.25, 0.3) is 11.4 Å². The zero-order chi connectivity index (χ0) is 15.5. The Morgan fingerprint density at radius 3 is 3.18 bits per heavy atom. The number of aliphatic hydroxyl groups excluding tert-OH is 1. The highest BCUT2D eigenvalue weighted by Gasteiger charge is 2.24. The minimum Gasteiger partial charge on any atom is -0.396 e.